The van der Waals surface area contributed by atoms with Crippen LogP contribution < -0.4 is 15.4 Å². The molecular weight excluding hydrogens is 244 g/mol. The lowest BCUT2D eigenvalue weighted by Crippen LogP contribution is -2.53. The zero-order valence-electron chi connectivity index (χ0n) is 11.2. The van der Waals surface area contributed by atoms with Crippen molar-refractivity contribution in [3.05, 3.63) is 18.2 Å². The Morgan fingerprint density at radius 2 is 2.26 bits per heavy atom. The normalized spacial score (nSPS) is 25.1. The van der Waals surface area contributed by atoms with E-state index in [4.69, 9.17) is 9.47 Å². The Labute approximate surface area is 112 Å². The Balaban J connectivity index is 1.96. The molecular formula is C14H18N2O3. The summed E-state index contributed by atoms with van der Waals surface area (Å²) >= 11 is 0. The van der Waals surface area contributed by atoms with E-state index in [1.54, 1.807) is 0 Å². The van der Waals surface area contributed by atoms with Gasteiger partial charge < -0.3 is 20.1 Å². The molecule has 102 valence electrons. The first-order valence-corrected chi connectivity index (χ1v) is 6.58. The topological polar surface area (TPSA) is 59.6 Å². The molecule has 0 radical (unpaired) electrons. The van der Waals surface area contributed by atoms with E-state index < -0.39 is 5.54 Å². The number of amides is 1. The zero-order chi connectivity index (χ0) is 13.5. The van der Waals surface area contributed by atoms with Crippen molar-refractivity contribution in [1.82, 2.24) is 0 Å². The molecule has 1 fully saturated rings. The van der Waals surface area contributed by atoms with E-state index in [9.17, 15) is 4.79 Å². The van der Waals surface area contributed by atoms with Gasteiger partial charge in [0.1, 0.15) is 17.0 Å². The van der Waals surface area contributed by atoms with Gasteiger partial charge in [-0.3, -0.25) is 4.79 Å². The van der Waals surface area contributed by atoms with Crippen molar-refractivity contribution in [2.75, 3.05) is 23.8 Å². The standard InChI is InChI=1S/C14H18N2O3/c1-9(2)19-11-5-3-4-10-12(11)15-13(17)14(16-10)6-7-18-8-14/h3-5,9,16H,6-8H2,1-2H3,(H,15,17). The minimum atomic E-state index is -0.622. The van der Waals surface area contributed by atoms with Crippen molar-refractivity contribution in [2.24, 2.45) is 0 Å². The summed E-state index contributed by atoms with van der Waals surface area (Å²) in [5.74, 6) is 0.652. The van der Waals surface area contributed by atoms with Gasteiger partial charge in [0.25, 0.3) is 5.91 Å². The molecule has 3 rings (SSSR count). The highest BCUT2D eigenvalue weighted by atomic mass is 16.5. The van der Waals surface area contributed by atoms with Crippen LogP contribution in [0.4, 0.5) is 11.4 Å². The average Bonchev–Trinajstić information content (AvgIpc) is 2.81. The first-order chi connectivity index (χ1) is 9.11. The third-order valence-electron chi connectivity index (χ3n) is 3.46. The molecule has 1 spiro atoms. The first kappa shape index (κ1) is 12.3. The fourth-order valence-corrected chi connectivity index (χ4v) is 2.51. The van der Waals surface area contributed by atoms with Crippen LogP contribution in [0.25, 0.3) is 0 Å². The number of carbonyl (C=O) groups excluding carboxylic acids is 1. The van der Waals surface area contributed by atoms with Gasteiger partial charge in [-0.15, -0.1) is 0 Å². The van der Waals surface area contributed by atoms with Gasteiger partial charge in [-0.25, -0.2) is 0 Å². The molecule has 1 amide bonds. The van der Waals surface area contributed by atoms with Crippen molar-refractivity contribution in [1.29, 1.82) is 0 Å². The molecule has 0 bridgehead atoms. The zero-order valence-corrected chi connectivity index (χ0v) is 11.2. The number of hydrogen-bond acceptors (Lipinski definition) is 4. The molecule has 1 saturated heterocycles. The Bertz CT molecular complexity index is 507. The molecule has 0 saturated carbocycles. The molecule has 2 heterocycles. The molecule has 0 aliphatic carbocycles. The molecule has 1 aromatic rings. The van der Waals surface area contributed by atoms with E-state index >= 15 is 0 Å². The Kier molecular flexibility index (Phi) is 2.86. The number of carbonyl (C=O) groups is 1. The summed E-state index contributed by atoms with van der Waals surface area (Å²) in [6, 6.07) is 5.73. The number of ether oxygens (including phenoxy) is 2. The SMILES string of the molecule is CC(C)Oc1cccc2c1NC(=O)C1(CCOC1)N2. The molecule has 19 heavy (non-hydrogen) atoms. The molecule has 2 aliphatic heterocycles. The van der Waals surface area contributed by atoms with Crippen LogP contribution in [-0.2, 0) is 9.53 Å². The van der Waals surface area contributed by atoms with E-state index in [0.717, 1.165) is 11.4 Å². The summed E-state index contributed by atoms with van der Waals surface area (Å²) < 4.78 is 11.1. The van der Waals surface area contributed by atoms with Gasteiger partial charge in [0.15, 0.2) is 0 Å². The number of anilines is 2. The second-order valence-corrected chi connectivity index (χ2v) is 5.31. The van der Waals surface area contributed by atoms with E-state index in [-0.39, 0.29) is 12.0 Å². The summed E-state index contributed by atoms with van der Waals surface area (Å²) in [5, 5.41) is 6.28. The number of nitrogens with one attached hydrogen (secondary N) is 2. The maximum atomic E-state index is 12.3. The lowest BCUT2D eigenvalue weighted by Gasteiger charge is -2.35. The Hall–Kier alpha value is -1.75. The van der Waals surface area contributed by atoms with E-state index in [2.05, 4.69) is 10.6 Å². The number of hydrogen-bond donors (Lipinski definition) is 2. The van der Waals surface area contributed by atoms with Gasteiger partial charge in [-0.1, -0.05) is 6.07 Å². The van der Waals surface area contributed by atoms with Crippen LogP contribution in [0.1, 0.15) is 20.3 Å². The van der Waals surface area contributed by atoms with Crippen molar-refractivity contribution in [2.45, 2.75) is 31.9 Å². The third-order valence-corrected chi connectivity index (χ3v) is 3.46. The lowest BCUT2D eigenvalue weighted by molar-refractivity contribution is -0.120. The molecule has 5 heteroatoms. The quantitative estimate of drug-likeness (QED) is 0.855. The van der Waals surface area contributed by atoms with Crippen LogP contribution in [0, 0.1) is 0 Å². The summed E-state index contributed by atoms with van der Waals surface area (Å²) in [5.41, 5.74) is 0.991. The first-order valence-electron chi connectivity index (χ1n) is 6.58. The minimum absolute atomic E-state index is 0.0442. The largest absolute Gasteiger partial charge is 0.489 e. The highest BCUT2D eigenvalue weighted by Gasteiger charge is 2.45. The van der Waals surface area contributed by atoms with Crippen LogP contribution >= 0.6 is 0 Å². The second kappa shape index (κ2) is 4.42. The van der Waals surface area contributed by atoms with Crippen LogP contribution in [0.5, 0.6) is 5.75 Å². The van der Waals surface area contributed by atoms with Gasteiger partial charge in [0.05, 0.1) is 18.4 Å². The molecule has 1 aromatic carbocycles. The van der Waals surface area contributed by atoms with Crippen molar-refractivity contribution < 1.29 is 14.3 Å². The van der Waals surface area contributed by atoms with Gasteiger partial charge in [-0.05, 0) is 26.0 Å². The predicted molar refractivity (Wildman–Crippen MR) is 72.6 cm³/mol. The maximum Gasteiger partial charge on any atom is 0.252 e. The predicted octanol–water partition coefficient (Wildman–Crippen LogP) is 2.00. The number of para-hydroxylation sites is 1. The smallest absolute Gasteiger partial charge is 0.252 e. The summed E-state index contributed by atoms with van der Waals surface area (Å²) in [7, 11) is 0. The van der Waals surface area contributed by atoms with Crippen LogP contribution in [0.15, 0.2) is 18.2 Å². The van der Waals surface area contributed by atoms with Gasteiger partial charge >= 0.3 is 0 Å². The molecule has 0 aromatic heterocycles. The summed E-state index contributed by atoms with van der Waals surface area (Å²) in [6.07, 6.45) is 0.752. The van der Waals surface area contributed by atoms with Crippen LogP contribution in [-0.4, -0.2) is 30.8 Å². The van der Waals surface area contributed by atoms with E-state index in [1.807, 2.05) is 32.0 Å². The van der Waals surface area contributed by atoms with Gasteiger partial charge in [-0.2, -0.15) is 0 Å². The average molecular weight is 262 g/mol. The Morgan fingerprint density at radius 1 is 1.42 bits per heavy atom. The minimum Gasteiger partial charge on any atom is -0.489 e. The number of fused-ring (bicyclic) bond motifs is 1. The third kappa shape index (κ3) is 2.04. The molecule has 2 N–H and O–H groups in total. The Morgan fingerprint density at radius 3 is 2.95 bits per heavy atom. The lowest BCUT2D eigenvalue weighted by atomic mass is 9.94. The van der Waals surface area contributed by atoms with Crippen molar-refractivity contribution in [3.63, 3.8) is 0 Å². The number of benzene rings is 1. The molecule has 2 aliphatic rings. The second-order valence-electron chi connectivity index (χ2n) is 5.31. The highest BCUT2D eigenvalue weighted by Crippen LogP contribution is 2.40. The van der Waals surface area contributed by atoms with E-state index in [0.29, 0.717) is 25.4 Å². The molecule has 5 nitrogen and oxygen atoms in total. The van der Waals surface area contributed by atoms with Gasteiger partial charge in [0, 0.05) is 13.0 Å². The fraction of sp³-hybridized carbons (Fsp3) is 0.500. The fourth-order valence-electron chi connectivity index (χ4n) is 2.51. The van der Waals surface area contributed by atoms with Crippen LogP contribution in [0.2, 0.25) is 0 Å². The maximum absolute atomic E-state index is 12.3. The van der Waals surface area contributed by atoms with Crippen molar-refractivity contribution >= 4 is 17.3 Å². The number of rotatable bonds is 2. The molecule has 1 atom stereocenters. The summed E-state index contributed by atoms with van der Waals surface area (Å²) in [4.78, 5) is 12.3. The molecule has 1 unspecified atom stereocenters. The van der Waals surface area contributed by atoms with E-state index in [1.165, 1.54) is 0 Å². The van der Waals surface area contributed by atoms with Gasteiger partial charge in [0.2, 0.25) is 0 Å². The monoisotopic (exact) mass is 262 g/mol. The van der Waals surface area contributed by atoms with Crippen molar-refractivity contribution in [3.8, 4) is 5.75 Å². The summed E-state index contributed by atoms with van der Waals surface area (Å²) in [6.45, 7) is 4.94. The highest BCUT2D eigenvalue weighted by molar-refractivity contribution is 6.07. The van der Waals surface area contributed by atoms with Crippen LogP contribution in [0.3, 0.4) is 0 Å².